The van der Waals surface area contributed by atoms with Crippen molar-refractivity contribution in [3.63, 3.8) is 0 Å². The predicted octanol–water partition coefficient (Wildman–Crippen LogP) is 0.891. The van der Waals surface area contributed by atoms with Gasteiger partial charge in [-0.2, -0.15) is 0 Å². The molecule has 1 aromatic rings. The fraction of sp³-hybridized carbons (Fsp3) is 0.500. The Hall–Kier alpha value is -1.44. The summed E-state index contributed by atoms with van der Waals surface area (Å²) in [5.74, 6) is -0.793. The summed E-state index contributed by atoms with van der Waals surface area (Å²) < 4.78 is 31.4. The van der Waals surface area contributed by atoms with Crippen LogP contribution in [0.5, 0.6) is 0 Å². The minimum Gasteiger partial charge on any atom is -0.465 e. The smallest absolute Gasteiger partial charge is 0.338 e. The topological polar surface area (TPSA) is 84.5 Å². The Labute approximate surface area is 125 Å². The molecule has 6 nitrogen and oxygen atoms in total. The third-order valence-electron chi connectivity index (χ3n) is 2.93. The number of carbonyl (C=O) groups is 1. The van der Waals surface area contributed by atoms with Gasteiger partial charge in [0.2, 0.25) is 10.0 Å². The van der Waals surface area contributed by atoms with Gasteiger partial charge in [0, 0.05) is 12.6 Å². The third kappa shape index (κ3) is 5.82. The van der Waals surface area contributed by atoms with Gasteiger partial charge in [-0.05, 0) is 25.1 Å². The van der Waals surface area contributed by atoms with E-state index in [1.165, 1.54) is 7.11 Å². The van der Waals surface area contributed by atoms with Gasteiger partial charge in [0.05, 0.1) is 18.4 Å². The number of nitrogens with one attached hydrogen (secondary N) is 2. The van der Waals surface area contributed by atoms with Gasteiger partial charge in [-0.1, -0.05) is 25.1 Å². The Bertz CT molecular complexity index is 572. The Morgan fingerprint density at radius 3 is 2.62 bits per heavy atom. The van der Waals surface area contributed by atoms with Crippen molar-refractivity contribution in [2.24, 2.45) is 0 Å². The second kappa shape index (κ2) is 8.11. The first-order valence-electron chi connectivity index (χ1n) is 6.76. The second-order valence-electron chi connectivity index (χ2n) is 4.72. The van der Waals surface area contributed by atoms with Gasteiger partial charge in [-0.15, -0.1) is 0 Å². The maximum absolute atomic E-state index is 12.1. The van der Waals surface area contributed by atoms with E-state index in [0.717, 1.165) is 6.54 Å². The first-order chi connectivity index (χ1) is 9.89. The van der Waals surface area contributed by atoms with E-state index in [0.29, 0.717) is 12.1 Å². The summed E-state index contributed by atoms with van der Waals surface area (Å²) in [4.78, 5) is 11.6. The van der Waals surface area contributed by atoms with E-state index in [-0.39, 0.29) is 17.4 Å². The van der Waals surface area contributed by atoms with Crippen molar-refractivity contribution in [1.82, 2.24) is 10.0 Å². The maximum Gasteiger partial charge on any atom is 0.338 e. The van der Waals surface area contributed by atoms with Gasteiger partial charge in [0.25, 0.3) is 0 Å². The lowest BCUT2D eigenvalue weighted by Crippen LogP contribution is -2.39. The Balaban J connectivity index is 2.78. The SMILES string of the molecule is CCN[C@H](C)CNS(=O)(=O)Cc1ccccc1C(=O)OC. The summed E-state index contributed by atoms with van der Waals surface area (Å²) in [6.07, 6.45) is 0. The highest BCUT2D eigenvalue weighted by molar-refractivity contribution is 7.88. The number of esters is 1. The van der Waals surface area contributed by atoms with Crippen LogP contribution in [-0.2, 0) is 20.5 Å². The van der Waals surface area contributed by atoms with E-state index in [4.69, 9.17) is 0 Å². The number of ether oxygens (including phenoxy) is 1. The molecule has 0 bridgehead atoms. The molecule has 0 saturated heterocycles. The van der Waals surface area contributed by atoms with Crippen molar-refractivity contribution < 1.29 is 17.9 Å². The molecule has 0 aliphatic carbocycles. The molecule has 21 heavy (non-hydrogen) atoms. The number of carbonyl (C=O) groups excluding carboxylic acids is 1. The maximum atomic E-state index is 12.1. The summed E-state index contributed by atoms with van der Waals surface area (Å²) in [6.45, 7) is 4.93. The zero-order valence-corrected chi connectivity index (χ0v) is 13.4. The molecule has 1 rings (SSSR count). The van der Waals surface area contributed by atoms with Gasteiger partial charge in [-0.25, -0.2) is 17.9 Å². The zero-order valence-electron chi connectivity index (χ0n) is 12.5. The first-order valence-corrected chi connectivity index (χ1v) is 8.41. The molecule has 0 radical (unpaired) electrons. The fourth-order valence-electron chi connectivity index (χ4n) is 1.88. The second-order valence-corrected chi connectivity index (χ2v) is 6.52. The summed E-state index contributed by atoms with van der Waals surface area (Å²) in [7, 11) is -2.24. The Kier molecular flexibility index (Phi) is 6.80. The molecule has 7 heteroatoms. The van der Waals surface area contributed by atoms with Gasteiger partial charge < -0.3 is 10.1 Å². The minimum atomic E-state index is -3.51. The zero-order chi connectivity index (χ0) is 15.9. The highest BCUT2D eigenvalue weighted by Gasteiger charge is 2.18. The summed E-state index contributed by atoms with van der Waals surface area (Å²) in [6, 6.07) is 6.57. The van der Waals surface area contributed by atoms with Crippen LogP contribution in [0.4, 0.5) is 0 Å². The number of rotatable bonds is 8. The first kappa shape index (κ1) is 17.6. The van der Waals surface area contributed by atoms with Gasteiger partial charge in [-0.3, -0.25) is 0 Å². The lowest BCUT2D eigenvalue weighted by atomic mass is 10.1. The molecule has 0 saturated carbocycles. The lowest BCUT2D eigenvalue weighted by Gasteiger charge is -2.14. The molecule has 0 unspecified atom stereocenters. The summed E-state index contributed by atoms with van der Waals surface area (Å²) in [5.41, 5.74) is 0.693. The van der Waals surface area contributed by atoms with Crippen molar-refractivity contribution in [3.05, 3.63) is 35.4 Å². The summed E-state index contributed by atoms with van der Waals surface area (Å²) >= 11 is 0. The van der Waals surface area contributed by atoms with E-state index >= 15 is 0 Å². The molecule has 0 aromatic heterocycles. The molecule has 1 aromatic carbocycles. The van der Waals surface area contributed by atoms with Crippen molar-refractivity contribution >= 4 is 16.0 Å². The van der Waals surface area contributed by atoms with Crippen molar-refractivity contribution in [1.29, 1.82) is 0 Å². The van der Waals surface area contributed by atoms with Crippen LogP contribution in [0.1, 0.15) is 29.8 Å². The number of likely N-dealkylation sites (N-methyl/N-ethyl adjacent to an activating group) is 1. The van der Waals surface area contributed by atoms with Crippen LogP contribution in [0, 0.1) is 0 Å². The monoisotopic (exact) mass is 314 g/mol. The molecule has 0 spiro atoms. The lowest BCUT2D eigenvalue weighted by molar-refractivity contribution is 0.0600. The highest BCUT2D eigenvalue weighted by atomic mass is 32.2. The fourth-order valence-corrected chi connectivity index (χ4v) is 3.15. The molecule has 0 aliphatic rings. The minimum absolute atomic E-state index is 0.0422. The van der Waals surface area contributed by atoms with Crippen LogP contribution >= 0.6 is 0 Å². The molecule has 118 valence electrons. The Morgan fingerprint density at radius 2 is 2.00 bits per heavy atom. The van der Waals surface area contributed by atoms with Crippen molar-refractivity contribution in [2.45, 2.75) is 25.6 Å². The molecule has 0 aliphatic heterocycles. The molecule has 1 atom stereocenters. The third-order valence-corrected chi connectivity index (χ3v) is 4.23. The average molecular weight is 314 g/mol. The molecule has 0 amide bonds. The molecule has 2 N–H and O–H groups in total. The van der Waals surface area contributed by atoms with Crippen LogP contribution in [0.15, 0.2) is 24.3 Å². The van der Waals surface area contributed by atoms with Gasteiger partial charge in [0.15, 0.2) is 0 Å². The largest absolute Gasteiger partial charge is 0.465 e. The van der Waals surface area contributed by atoms with Gasteiger partial charge >= 0.3 is 5.97 Å². The van der Waals surface area contributed by atoms with Crippen LogP contribution in [0.25, 0.3) is 0 Å². The van der Waals surface area contributed by atoms with E-state index in [1.807, 2.05) is 13.8 Å². The van der Waals surface area contributed by atoms with Crippen molar-refractivity contribution in [3.8, 4) is 0 Å². The number of methoxy groups -OCH3 is 1. The standard InChI is InChI=1S/C14H22N2O4S/c1-4-15-11(2)9-16-21(18,19)10-12-7-5-6-8-13(12)14(17)20-3/h5-8,11,15-16H,4,9-10H2,1-3H3/t11-/m1/s1. The number of sulfonamides is 1. The normalized spacial score (nSPS) is 12.9. The number of hydrogen-bond donors (Lipinski definition) is 2. The van der Waals surface area contributed by atoms with E-state index < -0.39 is 16.0 Å². The van der Waals surface area contributed by atoms with E-state index in [1.54, 1.807) is 24.3 Å². The Morgan fingerprint density at radius 1 is 1.33 bits per heavy atom. The van der Waals surface area contributed by atoms with E-state index in [2.05, 4.69) is 14.8 Å². The molecule has 0 heterocycles. The van der Waals surface area contributed by atoms with E-state index in [9.17, 15) is 13.2 Å². The average Bonchev–Trinajstić information content (AvgIpc) is 2.45. The quantitative estimate of drug-likeness (QED) is 0.696. The molecular formula is C14H22N2O4S. The van der Waals surface area contributed by atoms with Crippen LogP contribution in [0.2, 0.25) is 0 Å². The van der Waals surface area contributed by atoms with Crippen LogP contribution in [0.3, 0.4) is 0 Å². The van der Waals surface area contributed by atoms with Crippen molar-refractivity contribution in [2.75, 3.05) is 20.2 Å². The molecular weight excluding hydrogens is 292 g/mol. The summed E-state index contributed by atoms with van der Waals surface area (Å²) in [5, 5.41) is 3.12. The highest BCUT2D eigenvalue weighted by Crippen LogP contribution is 2.13. The van der Waals surface area contributed by atoms with Crippen LogP contribution < -0.4 is 10.0 Å². The number of hydrogen-bond acceptors (Lipinski definition) is 5. The van der Waals surface area contributed by atoms with Crippen LogP contribution in [-0.4, -0.2) is 40.6 Å². The van der Waals surface area contributed by atoms with Gasteiger partial charge in [0.1, 0.15) is 0 Å². The predicted molar refractivity (Wildman–Crippen MR) is 81.5 cm³/mol. The molecule has 0 fully saturated rings. The number of benzene rings is 1.